The molecule has 0 aromatic carbocycles. The second kappa shape index (κ2) is 6.36. The molecule has 0 radical (unpaired) electrons. The highest BCUT2D eigenvalue weighted by Gasteiger charge is 2.19. The second-order valence-electron chi connectivity index (χ2n) is 2.90. The van der Waals surface area contributed by atoms with Crippen LogP contribution in [0.25, 0.3) is 0 Å². The lowest BCUT2D eigenvalue weighted by Crippen LogP contribution is -2.07. The van der Waals surface area contributed by atoms with Gasteiger partial charge >= 0.3 is 5.69 Å². The van der Waals surface area contributed by atoms with Gasteiger partial charge in [0.15, 0.2) is 10.4 Å². The number of aromatic nitrogens is 1. The number of methoxy groups -OCH3 is 2. The maximum Gasteiger partial charge on any atom is 0.305 e. The highest BCUT2D eigenvalue weighted by molar-refractivity contribution is 9.10. The predicted molar refractivity (Wildman–Crippen MR) is 62.5 cm³/mol. The van der Waals surface area contributed by atoms with Crippen LogP contribution in [0.15, 0.2) is 10.7 Å². The zero-order valence-corrected chi connectivity index (χ0v) is 10.9. The number of pyridine rings is 1. The summed E-state index contributed by atoms with van der Waals surface area (Å²) in [7, 11) is 2.93. The molecule has 1 aromatic rings. The van der Waals surface area contributed by atoms with Gasteiger partial charge in [0.05, 0.1) is 24.7 Å². The van der Waals surface area contributed by atoms with E-state index in [0.717, 1.165) is 0 Å². The molecule has 0 aliphatic heterocycles. The molecule has 0 atom stereocenters. The second-order valence-corrected chi connectivity index (χ2v) is 3.66. The normalized spacial score (nSPS) is 10.1. The summed E-state index contributed by atoms with van der Waals surface area (Å²) in [6, 6.07) is 1.25. The quantitative estimate of drug-likeness (QED) is 0.345. The van der Waals surface area contributed by atoms with Gasteiger partial charge in [-0.05, 0) is 15.9 Å². The molecule has 94 valence electrons. The zero-order chi connectivity index (χ0) is 12.8. The third kappa shape index (κ3) is 3.53. The Morgan fingerprint density at radius 3 is 2.71 bits per heavy atom. The standard InChI is InChI=1S/C9H11BrN2O5/c1-15-3-4-17-9-7(16-2)5-6(12(13)14)8(10)11-9/h5H,3-4H2,1-2H3. The molecule has 0 aliphatic rings. The molecule has 7 nitrogen and oxygen atoms in total. The molecule has 0 saturated heterocycles. The van der Waals surface area contributed by atoms with E-state index in [9.17, 15) is 10.1 Å². The lowest BCUT2D eigenvalue weighted by Gasteiger charge is -2.09. The average Bonchev–Trinajstić information content (AvgIpc) is 2.29. The number of nitro groups is 1. The minimum atomic E-state index is -0.557. The van der Waals surface area contributed by atoms with Gasteiger partial charge in [-0.2, -0.15) is 4.98 Å². The van der Waals surface area contributed by atoms with Crippen LogP contribution in [0.4, 0.5) is 5.69 Å². The summed E-state index contributed by atoms with van der Waals surface area (Å²) < 4.78 is 15.1. The summed E-state index contributed by atoms with van der Waals surface area (Å²) >= 11 is 3.00. The Labute approximate surface area is 106 Å². The van der Waals surface area contributed by atoms with E-state index in [1.165, 1.54) is 13.2 Å². The molecule has 0 bridgehead atoms. The largest absolute Gasteiger partial charge is 0.491 e. The molecule has 0 fully saturated rings. The molecule has 1 rings (SSSR count). The fraction of sp³-hybridized carbons (Fsp3) is 0.444. The topological polar surface area (TPSA) is 83.7 Å². The van der Waals surface area contributed by atoms with Crippen LogP contribution in [0, 0.1) is 10.1 Å². The number of hydrogen-bond acceptors (Lipinski definition) is 6. The van der Waals surface area contributed by atoms with Gasteiger partial charge in [0.25, 0.3) is 5.88 Å². The van der Waals surface area contributed by atoms with Crippen LogP contribution in [-0.4, -0.2) is 37.3 Å². The maximum absolute atomic E-state index is 10.7. The van der Waals surface area contributed by atoms with Gasteiger partial charge in [-0.25, -0.2) is 0 Å². The van der Waals surface area contributed by atoms with Crippen molar-refractivity contribution in [1.29, 1.82) is 0 Å². The molecular formula is C9H11BrN2O5. The van der Waals surface area contributed by atoms with E-state index < -0.39 is 4.92 Å². The van der Waals surface area contributed by atoms with Crippen molar-refractivity contribution in [2.75, 3.05) is 27.4 Å². The van der Waals surface area contributed by atoms with Crippen molar-refractivity contribution in [3.63, 3.8) is 0 Å². The van der Waals surface area contributed by atoms with Crippen LogP contribution in [0.3, 0.4) is 0 Å². The molecule has 1 heterocycles. The van der Waals surface area contributed by atoms with Crippen LogP contribution in [0.1, 0.15) is 0 Å². The molecule has 0 amide bonds. The van der Waals surface area contributed by atoms with Gasteiger partial charge in [-0.3, -0.25) is 10.1 Å². The van der Waals surface area contributed by atoms with E-state index in [0.29, 0.717) is 6.61 Å². The van der Waals surface area contributed by atoms with E-state index in [1.807, 2.05) is 0 Å². The number of rotatable bonds is 6. The molecule has 0 unspecified atom stereocenters. The van der Waals surface area contributed by atoms with Crippen molar-refractivity contribution in [3.8, 4) is 11.6 Å². The Morgan fingerprint density at radius 2 is 2.18 bits per heavy atom. The third-order valence-electron chi connectivity index (χ3n) is 1.83. The summed E-state index contributed by atoms with van der Waals surface area (Å²) in [5.74, 6) is 0.387. The SMILES string of the molecule is COCCOc1nc(Br)c([N+](=O)[O-])cc1OC. The van der Waals surface area contributed by atoms with Crippen molar-refractivity contribution in [2.45, 2.75) is 0 Å². The fourth-order valence-corrected chi connectivity index (χ4v) is 1.47. The van der Waals surface area contributed by atoms with Crippen molar-refractivity contribution >= 4 is 21.6 Å². The molecule has 17 heavy (non-hydrogen) atoms. The van der Waals surface area contributed by atoms with E-state index in [2.05, 4.69) is 20.9 Å². The molecule has 0 N–H and O–H groups in total. The number of hydrogen-bond donors (Lipinski definition) is 0. The Bertz CT molecular complexity index is 413. The molecule has 0 spiro atoms. The predicted octanol–water partition coefficient (Wildman–Crippen LogP) is 1.79. The molecule has 8 heteroatoms. The fourth-order valence-electron chi connectivity index (χ4n) is 1.05. The minimum absolute atomic E-state index is 0.0933. The first kappa shape index (κ1) is 13.7. The summed E-state index contributed by atoms with van der Waals surface area (Å²) in [5.41, 5.74) is -0.180. The maximum atomic E-state index is 10.7. The molecule has 0 aliphatic carbocycles. The summed E-state index contributed by atoms with van der Waals surface area (Å²) in [6.07, 6.45) is 0. The first-order valence-corrected chi connectivity index (χ1v) is 5.40. The Hall–Kier alpha value is -1.41. The highest BCUT2D eigenvalue weighted by Crippen LogP contribution is 2.34. The molecular weight excluding hydrogens is 296 g/mol. The third-order valence-corrected chi connectivity index (χ3v) is 2.42. The first-order chi connectivity index (χ1) is 8.10. The summed E-state index contributed by atoms with van der Waals surface area (Å²) in [5, 5.41) is 10.7. The van der Waals surface area contributed by atoms with E-state index in [1.54, 1.807) is 7.11 Å². The monoisotopic (exact) mass is 306 g/mol. The summed E-state index contributed by atoms with van der Waals surface area (Å²) in [6.45, 7) is 0.670. The minimum Gasteiger partial charge on any atom is -0.491 e. The van der Waals surface area contributed by atoms with Gasteiger partial charge in [0.2, 0.25) is 0 Å². The smallest absolute Gasteiger partial charge is 0.305 e. The highest BCUT2D eigenvalue weighted by atomic mass is 79.9. The van der Waals surface area contributed by atoms with Crippen LogP contribution >= 0.6 is 15.9 Å². The van der Waals surface area contributed by atoms with Gasteiger partial charge in [-0.1, -0.05) is 0 Å². The Kier molecular flexibility index (Phi) is 5.11. The van der Waals surface area contributed by atoms with Crippen LogP contribution in [0.5, 0.6) is 11.6 Å². The number of ether oxygens (including phenoxy) is 3. The molecule has 0 saturated carbocycles. The van der Waals surface area contributed by atoms with E-state index in [4.69, 9.17) is 14.2 Å². The Morgan fingerprint density at radius 1 is 1.47 bits per heavy atom. The van der Waals surface area contributed by atoms with E-state index >= 15 is 0 Å². The summed E-state index contributed by atoms with van der Waals surface area (Å²) in [4.78, 5) is 14.0. The van der Waals surface area contributed by atoms with Crippen molar-refractivity contribution < 1.29 is 19.1 Å². The van der Waals surface area contributed by atoms with Crippen LogP contribution in [-0.2, 0) is 4.74 Å². The lowest BCUT2D eigenvalue weighted by molar-refractivity contribution is -0.386. The zero-order valence-electron chi connectivity index (χ0n) is 9.31. The van der Waals surface area contributed by atoms with Crippen molar-refractivity contribution in [1.82, 2.24) is 4.98 Å². The van der Waals surface area contributed by atoms with Gasteiger partial charge in [0.1, 0.15) is 6.61 Å². The first-order valence-electron chi connectivity index (χ1n) is 4.60. The number of nitrogens with zero attached hydrogens (tertiary/aromatic N) is 2. The average molecular weight is 307 g/mol. The van der Waals surface area contributed by atoms with Crippen LogP contribution < -0.4 is 9.47 Å². The van der Waals surface area contributed by atoms with Crippen LogP contribution in [0.2, 0.25) is 0 Å². The van der Waals surface area contributed by atoms with Crippen molar-refractivity contribution in [3.05, 3.63) is 20.8 Å². The Balaban J connectivity index is 2.97. The van der Waals surface area contributed by atoms with Crippen molar-refractivity contribution in [2.24, 2.45) is 0 Å². The van der Waals surface area contributed by atoms with Gasteiger partial charge in [-0.15, -0.1) is 0 Å². The molecule has 1 aromatic heterocycles. The van der Waals surface area contributed by atoms with E-state index in [-0.39, 0.29) is 28.5 Å². The number of halogens is 1. The lowest BCUT2D eigenvalue weighted by atomic mass is 10.4. The van der Waals surface area contributed by atoms with Gasteiger partial charge in [0, 0.05) is 7.11 Å². The van der Waals surface area contributed by atoms with Gasteiger partial charge < -0.3 is 14.2 Å².